The molecule has 0 aliphatic carbocycles. The van der Waals surface area contributed by atoms with Gasteiger partial charge in [0, 0.05) is 42.8 Å². The lowest BCUT2D eigenvalue weighted by molar-refractivity contribution is -0.128. The molecule has 14 heteroatoms. The summed E-state index contributed by atoms with van der Waals surface area (Å²) in [5.74, 6) is -0.0878. The number of ether oxygens (including phenoxy) is 2. The van der Waals surface area contributed by atoms with Crippen LogP contribution in [-0.4, -0.2) is 69.5 Å². The van der Waals surface area contributed by atoms with Gasteiger partial charge in [-0.1, -0.05) is 88.9 Å². The molecular formula is C37H40BrCl5FN3O4. The smallest absolute Gasteiger partial charge is 0.411 e. The summed E-state index contributed by atoms with van der Waals surface area (Å²) in [6.07, 6.45) is 1.22. The minimum Gasteiger partial charge on any atom is -0.492 e. The first-order valence-corrected chi connectivity index (χ1v) is 18.7. The summed E-state index contributed by atoms with van der Waals surface area (Å²) in [6.45, 7) is 6.98. The first-order chi connectivity index (χ1) is 23.7. The van der Waals surface area contributed by atoms with E-state index in [-0.39, 0.29) is 30.2 Å². The van der Waals surface area contributed by atoms with Crippen molar-refractivity contribution in [3.8, 4) is 5.75 Å². The Hall–Kier alpha value is -2.24. The topological polar surface area (TPSA) is 71.1 Å². The minimum atomic E-state index is -1.87. The minimum absolute atomic E-state index is 0. The zero-order chi connectivity index (χ0) is 36.2. The Labute approximate surface area is 333 Å². The molecule has 2 heterocycles. The second-order valence-corrected chi connectivity index (χ2v) is 16.4. The SMILES string of the molecule is CCN(Cc1ccccc1Cl)C(=O)C1=C(c2ccc(CCCOc3cc(F)ccc3Br)cc2)CC2CNC[C@H]1N2C(=O)OC(C)(C)C(Cl)(Cl)Cl.Cl. The van der Waals surface area contributed by atoms with Gasteiger partial charge in [-0.25, -0.2) is 9.18 Å². The van der Waals surface area contributed by atoms with Crippen LogP contribution < -0.4 is 10.1 Å². The molecule has 1 saturated heterocycles. The molecule has 0 spiro atoms. The van der Waals surface area contributed by atoms with Gasteiger partial charge in [0.25, 0.3) is 5.91 Å². The first kappa shape index (κ1) is 41.5. The molecule has 3 aromatic carbocycles. The van der Waals surface area contributed by atoms with E-state index >= 15 is 0 Å². The number of amides is 2. The Morgan fingerprint density at radius 2 is 1.76 bits per heavy atom. The number of nitrogens with one attached hydrogen (secondary N) is 1. The lowest BCUT2D eigenvalue weighted by Crippen LogP contribution is -2.64. The molecular weight excluding hydrogens is 827 g/mol. The van der Waals surface area contributed by atoms with Crippen LogP contribution in [-0.2, 0) is 22.5 Å². The maximum Gasteiger partial charge on any atom is 0.411 e. The van der Waals surface area contributed by atoms with Crippen molar-refractivity contribution < 1.29 is 23.5 Å². The van der Waals surface area contributed by atoms with Gasteiger partial charge in [0.05, 0.1) is 23.2 Å². The Bertz CT molecular complexity index is 1740. The number of likely N-dealkylation sites (N-methyl/N-ethyl adjacent to an activating group) is 1. The van der Waals surface area contributed by atoms with E-state index in [2.05, 4.69) is 21.2 Å². The van der Waals surface area contributed by atoms with Gasteiger partial charge in [0.2, 0.25) is 3.79 Å². The molecule has 5 rings (SSSR count). The van der Waals surface area contributed by atoms with Crippen LogP contribution >= 0.6 is 74.7 Å². The van der Waals surface area contributed by atoms with E-state index in [1.807, 2.05) is 49.4 Å². The van der Waals surface area contributed by atoms with Crippen molar-refractivity contribution in [2.75, 3.05) is 26.2 Å². The molecule has 2 bridgehead atoms. The first-order valence-electron chi connectivity index (χ1n) is 16.4. The predicted molar refractivity (Wildman–Crippen MR) is 209 cm³/mol. The summed E-state index contributed by atoms with van der Waals surface area (Å²) in [4.78, 5) is 31.9. The molecule has 0 saturated carbocycles. The molecule has 51 heavy (non-hydrogen) atoms. The number of carbonyl (C=O) groups is 2. The zero-order valence-corrected chi connectivity index (χ0v) is 33.8. The normalized spacial score (nSPS) is 17.5. The monoisotopic (exact) mass is 863 g/mol. The van der Waals surface area contributed by atoms with Gasteiger partial charge < -0.3 is 19.7 Å². The highest BCUT2D eigenvalue weighted by Gasteiger charge is 2.50. The number of halogens is 7. The fourth-order valence-corrected chi connectivity index (χ4v) is 6.87. The van der Waals surface area contributed by atoms with Crippen LogP contribution in [0.5, 0.6) is 5.75 Å². The standard InChI is InChI=1S/C37H39BrCl4FN3O4.ClH/c1-4-45(22-25-9-5-6-10-30(25)39)34(47)33-28(19-27-20-44-21-31(33)46(27)35(48)50-36(2,3)37(40,41)42)24-13-11-23(12-14-24)8-7-17-49-32-18-26(43)15-16-29(32)38;/h5-6,9-16,18,27,31,44H,4,7-8,17,19-22H2,1-3H3;1H/t27?,31-;/m1./s1. The van der Waals surface area contributed by atoms with E-state index < -0.39 is 21.5 Å². The average Bonchev–Trinajstić information content (AvgIpc) is 3.06. The summed E-state index contributed by atoms with van der Waals surface area (Å²) in [5.41, 5.74) is 2.76. The van der Waals surface area contributed by atoms with Crippen molar-refractivity contribution >= 4 is 92.3 Å². The van der Waals surface area contributed by atoms with Gasteiger partial charge in [0.1, 0.15) is 11.6 Å². The summed E-state index contributed by atoms with van der Waals surface area (Å²) >= 11 is 28.4. The number of hydrogen-bond acceptors (Lipinski definition) is 5. The third-order valence-corrected chi connectivity index (χ3v) is 11.5. The van der Waals surface area contributed by atoms with Crippen molar-refractivity contribution in [3.63, 3.8) is 0 Å². The molecule has 7 nitrogen and oxygen atoms in total. The van der Waals surface area contributed by atoms with Crippen molar-refractivity contribution in [1.29, 1.82) is 0 Å². The largest absolute Gasteiger partial charge is 0.492 e. The second kappa shape index (κ2) is 17.7. The highest BCUT2D eigenvalue weighted by atomic mass is 79.9. The Balaban J connectivity index is 0.00000583. The van der Waals surface area contributed by atoms with Crippen LogP contribution in [0.3, 0.4) is 0 Å². The van der Waals surface area contributed by atoms with Crippen molar-refractivity contribution in [1.82, 2.24) is 15.1 Å². The molecule has 2 aliphatic rings. The number of carbonyl (C=O) groups excluding carboxylic acids is 2. The molecule has 2 aliphatic heterocycles. The number of benzene rings is 3. The van der Waals surface area contributed by atoms with E-state index in [0.29, 0.717) is 60.0 Å². The predicted octanol–water partition coefficient (Wildman–Crippen LogP) is 9.81. The number of alkyl halides is 3. The van der Waals surface area contributed by atoms with E-state index in [0.717, 1.165) is 35.1 Å². The third kappa shape index (κ3) is 9.85. The molecule has 2 atom stereocenters. The third-order valence-electron chi connectivity index (χ3n) is 9.06. The Morgan fingerprint density at radius 1 is 1.06 bits per heavy atom. The molecule has 1 N–H and O–H groups in total. The van der Waals surface area contributed by atoms with Crippen molar-refractivity contribution in [2.45, 2.75) is 68.1 Å². The number of nitrogens with zero attached hydrogens (tertiary/aromatic N) is 2. The van der Waals surface area contributed by atoms with Crippen molar-refractivity contribution in [3.05, 3.63) is 104 Å². The van der Waals surface area contributed by atoms with Crippen molar-refractivity contribution in [2.24, 2.45) is 0 Å². The summed E-state index contributed by atoms with van der Waals surface area (Å²) in [7, 11) is 0. The number of rotatable bonds is 11. The van der Waals surface area contributed by atoms with Crippen LogP contribution in [0.25, 0.3) is 5.57 Å². The summed E-state index contributed by atoms with van der Waals surface area (Å²) in [6, 6.07) is 19.0. The van der Waals surface area contributed by atoms with Gasteiger partial charge in [-0.05, 0) is 96.4 Å². The van der Waals surface area contributed by atoms with Crippen LogP contribution in [0, 0.1) is 5.82 Å². The summed E-state index contributed by atoms with van der Waals surface area (Å²) < 4.78 is 24.1. The lowest BCUT2D eigenvalue weighted by atomic mass is 9.81. The van der Waals surface area contributed by atoms with Gasteiger partial charge >= 0.3 is 6.09 Å². The van der Waals surface area contributed by atoms with Gasteiger partial charge in [-0.3, -0.25) is 9.69 Å². The van der Waals surface area contributed by atoms with Crippen LogP contribution in [0.2, 0.25) is 5.02 Å². The Kier molecular flexibility index (Phi) is 14.4. The van der Waals surface area contributed by atoms with Crippen LogP contribution in [0.4, 0.5) is 9.18 Å². The Morgan fingerprint density at radius 3 is 2.43 bits per heavy atom. The van der Waals surface area contributed by atoms with Gasteiger partial charge in [0.15, 0.2) is 5.60 Å². The lowest BCUT2D eigenvalue weighted by Gasteiger charge is -2.48. The highest BCUT2D eigenvalue weighted by molar-refractivity contribution is 9.10. The molecule has 3 aromatic rings. The number of aryl methyl sites for hydroxylation is 1. The molecule has 0 aromatic heterocycles. The molecule has 2 amide bonds. The van der Waals surface area contributed by atoms with Gasteiger partial charge in [-0.2, -0.15) is 0 Å². The van der Waals surface area contributed by atoms with Gasteiger partial charge in [-0.15, -0.1) is 12.4 Å². The number of piperazine rings is 1. The molecule has 0 radical (unpaired) electrons. The average molecular weight is 867 g/mol. The van der Waals surface area contributed by atoms with E-state index in [4.69, 9.17) is 55.9 Å². The van der Waals surface area contributed by atoms with Crippen LogP contribution in [0.15, 0.2) is 76.8 Å². The number of fused-ring (bicyclic) bond motifs is 2. The van der Waals surface area contributed by atoms with Crippen LogP contribution in [0.1, 0.15) is 50.3 Å². The highest BCUT2D eigenvalue weighted by Crippen LogP contribution is 2.43. The van der Waals surface area contributed by atoms with E-state index in [1.54, 1.807) is 35.8 Å². The fourth-order valence-electron chi connectivity index (χ4n) is 6.19. The molecule has 1 fully saturated rings. The van der Waals surface area contributed by atoms with E-state index in [9.17, 15) is 14.0 Å². The molecule has 1 unspecified atom stereocenters. The fraction of sp³-hybridized carbons (Fsp3) is 0.405. The number of hydrogen-bond donors (Lipinski definition) is 1. The maximum atomic E-state index is 14.7. The zero-order valence-electron chi connectivity index (χ0n) is 28.4. The maximum absolute atomic E-state index is 14.7. The van der Waals surface area contributed by atoms with E-state index in [1.165, 1.54) is 12.1 Å². The molecule has 276 valence electrons. The summed E-state index contributed by atoms with van der Waals surface area (Å²) in [5, 5.41) is 3.97. The quantitative estimate of drug-likeness (QED) is 0.154. The second-order valence-electron chi connectivity index (χ2n) is 12.8.